The van der Waals surface area contributed by atoms with Gasteiger partial charge < -0.3 is 19.9 Å². The molecule has 2 heterocycles. The number of rotatable bonds is 6. The SMILES string of the molecule is CCOc1ccccc1NC(=O)N1CCN(CCc2c[nH]c3ccccc23)CC1. The van der Waals surface area contributed by atoms with Crippen molar-refractivity contribution < 1.29 is 9.53 Å². The number of ether oxygens (including phenoxy) is 1. The van der Waals surface area contributed by atoms with Gasteiger partial charge in [0.2, 0.25) is 0 Å². The Kier molecular flexibility index (Phi) is 6.00. The second-order valence-electron chi connectivity index (χ2n) is 7.30. The second-order valence-corrected chi connectivity index (χ2v) is 7.30. The van der Waals surface area contributed by atoms with Gasteiger partial charge in [0.25, 0.3) is 0 Å². The Morgan fingerprint density at radius 1 is 1.07 bits per heavy atom. The minimum absolute atomic E-state index is 0.0616. The lowest BCUT2D eigenvalue weighted by atomic mass is 10.1. The third kappa shape index (κ3) is 4.54. The molecule has 1 aromatic heterocycles. The Morgan fingerprint density at radius 2 is 1.83 bits per heavy atom. The molecule has 6 heteroatoms. The molecular weight excluding hydrogens is 364 g/mol. The van der Waals surface area contributed by atoms with E-state index in [-0.39, 0.29) is 6.03 Å². The number of urea groups is 1. The van der Waals surface area contributed by atoms with Crippen molar-refractivity contribution >= 4 is 22.6 Å². The number of nitrogens with zero attached hydrogens (tertiary/aromatic N) is 2. The molecule has 1 aliphatic rings. The van der Waals surface area contributed by atoms with Crippen molar-refractivity contribution in [1.29, 1.82) is 0 Å². The number of piperazine rings is 1. The molecule has 0 bridgehead atoms. The Labute approximate surface area is 171 Å². The molecule has 3 aromatic rings. The van der Waals surface area contributed by atoms with Crippen molar-refractivity contribution in [3.8, 4) is 5.75 Å². The van der Waals surface area contributed by atoms with E-state index < -0.39 is 0 Å². The first-order valence-electron chi connectivity index (χ1n) is 10.3. The summed E-state index contributed by atoms with van der Waals surface area (Å²) in [6.45, 7) is 6.76. The lowest BCUT2D eigenvalue weighted by Crippen LogP contribution is -2.50. The van der Waals surface area contributed by atoms with Crippen LogP contribution < -0.4 is 10.1 Å². The van der Waals surface area contributed by atoms with Crippen LogP contribution in [-0.2, 0) is 6.42 Å². The molecule has 0 saturated carbocycles. The number of benzene rings is 2. The fourth-order valence-corrected chi connectivity index (χ4v) is 3.84. The quantitative estimate of drug-likeness (QED) is 0.668. The molecule has 6 nitrogen and oxygen atoms in total. The Bertz CT molecular complexity index is 960. The highest BCUT2D eigenvalue weighted by Gasteiger charge is 2.22. The van der Waals surface area contributed by atoms with Crippen molar-refractivity contribution in [1.82, 2.24) is 14.8 Å². The van der Waals surface area contributed by atoms with Crippen LogP contribution in [0, 0.1) is 0 Å². The number of aromatic nitrogens is 1. The van der Waals surface area contributed by atoms with E-state index in [0.717, 1.165) is 44.8 Å². The van der Waals surface area contributed by atoms with Gasteiger partial charge in [0.15, 0.2) is 0 Å². The third-order valence-electron chi connectivity index (χ3n) is 5.46. The topological polar surface area (TPSA) is 60.6 Å². The second kappa shape index (κ2) is 9.01. The molecule has 0 atom stereocenters. The highest BCUT2D eigenvalue weighted by molar-refractivity contribution is 5.91. The summed E-state index contributed by atoms with van der Waals surface area (Å²) in [7, 11) is 0. The van der Waals surface area contributed by atoms with Crippen LogP contribution in [0.2, 0.25) is 0 Å². The zero-order valence-electron chi connectivity index (χ0n) is 16.9. The summed E-state index contributed by atoms with van der Waals surface area (Å²) in [6.07, 6.45) is 3.13. The number of carbonyl (C=O) groups excluding carboxylic acids is 1. The number of hydrogen-bond donors (Lipinski definition) is 2. The van der Waals surface area contributed by atoms with Gasteiger partial charge in [-0.15, -0.1) is 0 Å². The zero-order chi connectivity index (χ0) is 20.1. The molecule has 29 heavy (non-hydrogen) atoms. The Morgan fingerprint density at radius 3 is 2.66 bits per heavy atom. The summed E-state index contributed by atoms with van der Waals surface area (Å²) < 4.78 is 5.60. The molecule has 1 saturated heterocycles. The fraction of sp³-hybridized carbons (Fsp3) is 0.348. The van der Waals surface area contributed by atoms with Crippen LogP contribution in [0.1, 0.15) is 12.5 Å². The van der Waals surface area contributed by atoms with Crippen LogP contribution in [0.3, 0.4) is 0 Å². The van der Waals surface area contributed by atoms with Gasteiger partial charge in [-0.2, -0.15) is 0 Å². The standard InChI is InChI=1S/C23H28N4O2/c1-2-29-22-10-6-5-9-21(22)25-23(28)27-15-13-26(14-16-27)12-11-18-17-24-20-8-4-3-7-19(18)20/h3-10,17,24H,2,11-16H2,1H3,(H,25,28). The number of anilines is 1. The van der Waals surface area contributed by atoms with Gasteiger partial charge in [-0.05, 0) is 37.1 Å². The number of aromatic amines is 1. The maximum Gasteiger partial charge on any atom is 0.322 e. The summed E-state index contributed by atoms with van der Waals surface area (Å²) >= 11 is 0. The zero-order valence-corrected chi connectivity index (χ0v) is 16.9. The summed E-state index contributed by atoms with van der Waals surface area (Å²) in [4.78, 5) is 20.3. The van der Waals surface area contributed by atoms with Gasteiger partial charge in [0, 0.05) is 49.8 Å². The van der Waals surface area contributed by atoms with Gasteiger partial charge in [-0.3, -0.25) is 4.90 Å². The minimum Gasteiger partial charge on any atom is -0.492 e. The monoisotopic (exact) mass is 392 g/mol. The van der Waals surface area contributed by atoms with Gasteiger partial charge in [-0.1, -0.05) is 30.3 Å². The van der Waals surface area contributed by atoms with E-state index in [4.69, 9.17) is 4.74 Å². The van der Waals surface area contributed by atoms with Crippen molar-refractivity contribution in [3.05, 3.63) is 60.3 Å². The fourth-order valence-electron chi connectivity index (χ4n) is 3.84. The van der Waals surface area contributed by atoms with Crippen molar-refractivity contribution in [2.45, 2.75) is 13.3 Å². The number of hydrogen-bond acceptors (Lipinski definition) is 3. The van der Waals surface area contributed by atoms with Crippen molar-refractivity contribution in [2.24, 2.45) is 0 Å². The molecule has 4 rings (SSSR count). The van der Waals surface area contributed by atoms with E-state index in [2.05, 4.69) is 45.7 Å². The van der Waals surface area contributed by atoms with Gasteiger partial charge in [-0.25, -0.2) is 4.79 Å². The van der Waals surface area contributed by atoms with E-state index in [1.54, 1.807) is 0 Å². The number of carbonyl (C=O) groups is 1. The summed E-state index contributed by atoms with van der Waals surface area (Å²) in [5.41, 5.74) is 3.27. The first-order valence-corrected chi connectivity index (χ1v) is 10.3. The number of para-hydroxylation sites is 3. The summed E-state index contributed by atoms with van der Waals surface area (Å²) in [5, 5.41) is 4.30. The first kappa shape index (κ1) is 19.3. The van der Waals surface area contributed by atoms with E-state index >= 15 is 0 Å². The normalized spacial score (nSPS) is 14.9. The predicted octanol–water partition coefficient (Wildman–Crippen LogP) is 3.96. The molecule has 0 radical (unpaired) electrons. The van der Waals surface area contributed by atoms with Crippen LogP contribution in [0.4, 0.5) is 10.5 Å². The van der Waals surface area contributed by atoms with Crippen molar-refractivity contribution in [3.63, 3.8) is 0 Å². The Hall–Kier alpha value is -2.99. The minimum atomic E-state index is -0.0616. The molecule has 2 aromatic carbocycles. The summed E-state index contributed by atoms with van der Waals surface area (Å²) in [5.74, 6) is 0.709. The van der Waals surface area contributed by atoms with Gasteiger partial charge >= 0.3 is 6.03 Å². The third-order valence-corrected chi connectivity index (χ3v) is 5.46. The largest absolute Gasteiger partial charge is 0.492 e. The number of fused-ring (bicyclic) bond motifs is 1. The maximum atomic E-state index is 12.7. The number of H-pyrrole nitrogens is 1. The van der Waals surface area contributed by atoms with E-state index in [1.807, 2.05) is 36.1 Å². The molecule has 152 valence electrons. The van der Waals surface area contributed by atoms with Crippen LogP contribution >= 0.6 is 0 Å². The molecule has 1 aliphatic heterocycles. The lowest BCUT2D eigenvalue weighted by Gasteiger charge is -2.34. The van der Waals surface area contributed by atoms with Gasteiger partial charge in [0.05, 0.1) is 12.3 Å². The number of amides is 2. The molecule has 2 amide bonds. The highest BCUT2D eigenvalue weighted by atomic mass is 16.5. The first-order chi connectivity index (χ1) is 14.2. The molecule has 0 aliphatic carbocycles. The maximum absolute atomic E-state index is 12.7. The Balaban J connectivity index is 1.27. The van der Waals surface area contributed by atoms with E-state index in [0.29, 0.717) is 12.4 Å². The molecule has 2 N–H and O–H groups in total. The van der Waals surface area contributed by atoms with E-state index in [1.165, 1.54) is 16.5 Å². The van der Waals surface area contributed by atoms with Gasteiger partial charge in [0.1, 0.15) is 5.75 Å². The molecule has 1 fully saturated rings. The molecular formula is C23H28N4O2. The van der Waals surface area contributed by atoms with E-state index in [9.17, 15) is 4.79 Å². The molecule has 0 unspecified atom stereocenters. The predicted molar refractivity (Wildman–Crippen MR) is 117 cm³/mol. The highest BCUT2D eigenvalue weighted by Crippen LogP contribution is 2.24. The van der Waals surface area contributed by atoms with Crippen LogP contribution in [-0.4, -0.2) is 60.1 Å². The average molecular weight is 393 g/mol. The number of nitrogens with one attached hydrogen (secondary N) is 2. The lowest BCUT2D eigenvalue weighted by molar-refractivity contribution is 0.148. The smallest absolute Gasteiger partial charge is 0.322 e. The van der Waals surface area contributed by atoms with Crippen LogP contribution in [0.25, 0.3) is 10.9 Å². The van der Waals surface area contributed by atoms with Crippen LogP contribution in [0.15, 0.2) is 54.7 Å². The summed E-state index contributed by atoms with van der Waals surface area (Å²) in [6, 6.07) is 15.9. The van der Waals surface area contributed by atoms with Crippen molar-refractivity contribution in [2.75, 3.05) is 44.6 Å². The van der Waals surface area contributed by atoms with Crippen LogP contribution in [0.5, 0.6) is 5.75 Å². The average Bonchev–Trinajstić information content (AvgIpc) is 3.17. The molecule has 0 spiro atoms.